The van der Waals surface area contributed by atoms with Crippen LogP contribution in [-0.2, 0) is 14.6 Å². The van der Waals surface area contributed by atoms with Crippen LogP contribution < -0.4 is 5.73 Å². The van der Waals surface area contributed by atoms with Gasteiger partial charge in [0.1, 0.15) is 0 Å². The smallest absolute Gasteiger partial charge is 0.180 e. The molecule has 0 saturated heterocycles. The average molecular weight is 265 g/mol. The Labute approximate surface area is 98.3 Å². The van der Waals surface area contributed by atoms with Gasteiger partial charge in [0, 0.05) is 13.2 Å². The van der Waals surface area contributed by atoms with E-state index in [1.807, 2.05) is 0 Å². The van der Waals surface area contributed by atoms with Crippen LogP contribution in [0.5, 0.6) is 0 Å². The molecule has 2 N–H and O–H groups in total. The van der Waals surface area contributed by atoms with Crippen molar-refractivity contribution in [2.24, 2.45) is 5.73 Å². The second kappa shape index (κ2) is 5.52. The van der Waals surface area contributed by atoms with Gasteiger partial charge in [0.05, 0.1) is 17.3 Å². The second-order valence-corrected chi connectivity index (χ2v) is 5.61. The van der Waals surface area contributed by atoms with Gasteiger partial charge in [-0.05, 0) is 18.2 Å². The van der Waals surface area contributed by atoms with Gasteiger partial charge in [-0.3, -0.25) is 0 Å². The van der Waals surface area contributed by atoms with E-state index in [4.69, 9.17) is 10.5 Å². The molecule has 0 aliphatic rings. The molecule has 0 amide bonds. The summed E-state index contributed by atoms with van der Waals surface area (Å²) in [5.74, 6) is -2.68. The summed E-state index contributed by atoms with van der Waals surface area (Å²) in [7, 11) is -2.34. The molecular weight excluding hydrogens is 252 g/mol. The fraction of sp³-hybridized carbons (Fsp3) is 0.400. The van der Waals surface area contributed by atoms with Crippen molar-refractivity contribution in [2.75, 3.05) is 19.5 Å². The number of halogens is 2. The van der Waals surface area contributed by atoms with Crippen LogP contribution in [0.15, 0.2) is 23.1 Å². The number of methoxy groups -OCH3 is 1. The molecule has 0 spiro atoms. The minimum Gasteiger partial charge on any atom is -0.383 e. The predicted molar refractivity (Wildman–Crippen MR) is 58.3 cm³/mol. The summed E-state index contributed by atoms with van der Waals surface area (Å²) in [6.45, 7) is 0.0723. The fourth-order valence-corrected chi connectivity index (χ4v) is 2.72. The number of hydrogen-bond acceptors (Lipinski definition) is 4. The van der Waals surface area contributed by atoms with E-state index in [0.29, 0.717) is 6.07 Å². The second-order valence-electron chi connectivity index (χ2n) is 3.57. The molecule has 1 rings (SSSR count). The Bertz CT molecular complexity index is 490. The van der Waals surface area contributed by atoms with Crippen LogP contribution in [0.1, 0.15) is 0 Å². The van der Waals surface area contributed by atoms with Crippen LogP contribution in [0.3, 0.4) is 0 Å². The number of rotatable bonds is 5. The zero-order chi connectivity index (χ0) is 13.1. The van der Waals surface area contributed by atoms with Crippen LogP contribution >= 0.6 is 0 Å². The van der Waals surface area contributed by atoms with Crippen molar-refractivity contribution in [3.8, 4) is 0 Å². The molecule has 0 radical (unpaired) electrons. The Balaban J connectivity index is 2.93. The monoisotopic (exact) mass is 265 g/mol. The van der Waals surface area contributed by atoms with Crippen molar-refractivity contribution in [2.45, 2.75) is 10.9 Å². The molecule has 1 aromatic rings. The molecule has 1 aromatic carbocycles. The number of benzene rings is 1. The maximum absolute atomic E-state index is 12.9. The van der Waals surface area contributed by atoms with Crippen molar-refractivity contribution >= 4 is 9.84 Å². The molecular formula is C10H13F2NO3S. The average Bonchev–Trinajstić information content (AvgIpc) is 2.21. The Hall–Kier alpha value is -1.05. The summed E-state index contributed by atoms with van der Waals surface area (Å²) in [5, 5.41) is 0. The van der Waals surface area contributed by atoms with E-state index in [1.54, 1.807) is 0 Å². The zero-order valence-electron chi connectivity index (χ0n) is 9.19. The fourth-order valence-electron chi connectivity index (χ4n) is 1.31. The molecule has 4 nitrogen and oxygen atoms in total. The number of sulfone groups is 1. The zero-order valence-corrected chi connectivity index (χ0v) is 10.0. The summed E-state index contributed by atoms with van der Waals surface area (Å²) >= 11 is 0. The number of ether oxygens (including phenoxy) is 1. The summed E-state index contributed by atoms with van der Waals surface area (Å²) in [5.41, 5.74) is 5.50. The molecule has 1 unspecified atom stereocenters. The lowest BCUT2D eigenvalue weighted by molar-refractivity contribution is 0.186. The molecule has 0 aromatic heterocycles. The van der Waals surface area contributed by atoms with Crippen molar-refractivity contribution < 1.29 is 21.9 Å². The van der Waals surface area contributed by atoms with E-state index in [2.05, 4.69) is 0 Å². The standard InChI is InChI=1S/C10H13F2NO3S/c1-16-5-7(13)6-17(14,15)8-2-3-9(11)10(12)4-8/h2-4,7H,5-6,13H2,1H3. The Kier molecular flexibility index (Phi) is 4.55. The lowest BCUT2D eigenvalue weighted by Gasteiger charge is -2.11. The van der Waals surface area contributed by atoms with Gasteiger partial charge in [-0.2, -0.15) is 0 Å². The Morgan fingerprint density at radius 2 is 2.00 bits per heavy atom. The normalized spacial score (nSPS) is 13.6. The quantitative estimate of drug-likeness (QED) is 0.796. The van der Waals surface area contributed by atoms with Gasteiger partial charge in [-0.1, -0.05) is 0 Å². The summed E-state index contributed by atoms with van der Waals surface area (Å²) in [4.78, 5) is -0.289. The number of hydrogen-bond donors (Lipinski definition) is 1. The van der Waals surface area contributed by atoms with Crippen molar-refractivity contribution in [1.82, 2.24) is 0 Å². The summed E-state index contributed by atoms with van der Waals surface area (Å²) in [6, 6.07) is 1.71. The first-order valence-electron chi connectivity index (χ1n) is 4.79. The molecule has 7 heteroatoms. The minimum atomic E-state index is -3.73. The van der Waals surface area contributed by atoms with E-state index in [9.17, 15) is 17.2 Å². The third-order valence-corrected chi connectivity index (χ3v) is 3.90. The summed E-state index contributed by atoms with van der Waals surface area (Å²) in [6.07, 6.45) is 0. The van der Waals surface area contributed by atoms with Crippen LogP contribution in [0.4, 0.5) is 8.78 Å². The van der Waals surface area contributed by atoms with Crippen LogP contribution in [-0.4, -0.2) is 33.9 Å². The lowest BCUT2D eigenvalue weighted by atomic mass is 10.3. The summed E-state index contributed by atoms with van der Waals surface area (Å²) < 4.78 is 53.8. The molecule has 0 fully saturated rings. The number of nitrogens with two attached hydrogens (primary N) is 1. The van der Waals surface area contributed by atoms with Crippen LogP contribution in [0, 0.1) is 11.6 Å². The molecule has 0 aliphatic heterocycles. The molecule has 96 valence electrons. The highest BCUT2D eigenvalue weighted by molar-refractivity contribution is 7.91. The SMILES string of the molecule is COCC(N)CS(=O)(=O)c1ccc(F)c(F)c1. The minimum absolute atomic E-state index is 0.0723. The van der Waals surface area contributed by atoms with Crippen LogP contribution in [0.2, 0.25) is 0 Å². The maximum Gasteiger partial charge on any atom is 0.180 e. The first kappa shape index (κ1) is 14.0. The van der Waals surface area contributed by atoms with E-state index in [0.717, 1.165) is 12.1 Å². The highest BCUT2D eigenvalue weighted by atomic mass is 32.2. The largest absolute Gasteiger partial charge is 0.383 e. The van der Waals surface area contributed by atoms with Gasteiger partial charge in [0.2, 0.25) is 0 Å². The van der Waals surface area contributed by atoms with Gasteiger partial charge in [-0.15, -0.1) is 0 Å². The predicted octanol–water partition coefficient (Wildman–Crippen LogP) is 0.712. The highest BCUT2D eigenvalue weighted by Crippen LogP contribution is 2.15. The molecule has 0 bridgehead atoms. The lowest BCUT2D eigenvalue weighted by Crippen LogP contribution is -2.33. The first-order valence-corrected chi connectivity index (χ1v) is 6.44. The van der Waals surface area contributed by atoms with Gasteiger partial charge in [-0.25, -0.2) is 17.2 Å². The molecule has 0 heterocycles. The molecule has 0 saturated carbocycles. The van der Waals surface area contributed by atoms with Gasteiger partial charge in [0.25, 0.3) is 0 Å². The van der Waals surface area contributed by atoms with Crippen molar-refractivity contribution in [1.29, 1.82) is 0 Å². The highest BCUT2D eigenvalue weighted by Gasteiger charge is 2.20. The van der Waals surface area contributed by atoms with Gasteiger partial charge < -0.3 is 10.5 Å². The molecule has 17 heavy (non-hydrogen) atoms. The maximum atomic E-state index is 12.9. The van der Waals surface area contributed by atoms with Gasteiger partial charge >= 0.3 is 0 Å². The van der Waals surface area contributed by atoms with Gasteiger partial charge in [0.15, 0.2) is 21.5 Å². The van der Waals surface area contributed by atoms with E-state index < -0.39 is 27.5 Å². The molecule has 1 atom stereocenters. The van der Waals surface area contributed by atoms with Crippen molar-refractivity contribution in [3.63, 3.8) is 0 Å². The van der Waals surface area contributed by atoms with E-state index in [1.165, 1.54) is 7.11 Å². The van der Waals surface area contributed by atoms with Crippen LogP contribution in [0.25, 0.3) is 0 Å². The topological polar surface area (TPSA) is 69.4 Å². The Morgan fingerprint density at radius 3 is 2.53 bits per heavy atom. The van der Waals surface area contributed by atoms with E-state index in [-0.39, 0.29) is 17.3 Å². The third kappa shape index (κ3) is 3.72. The van der Waals surface area contributed by atoms with E-state index >= 15 is 0 Å². The first-order chi connectivity index (χ1) is 7.86. The van der Waals surface area contributed by atoms with Crippen molar-refractivity contribution in [3.05, 3.63) is 29.8 Å². The Morgan fingerprint density at radius 1 is 1.35 bits per heavy atom. The molecule has 0 aliphatic carbocycles. The third-order valence-electron chi connectivity index (χ3n) is 2.06.